The highest BCUT2D eigenvalue weighted by molar-refractivity contribution is 4.97. The van der Waals surface area contributed by atoms with Crippen molar-refractivity contribution in [2.24, 2.45) is 11.8 Å². The maximum absolute atomic E-state index is 5.64. The second-order valence-corrected chi connectivity index (χ2v) is 5.68. The van der Waals surface area contributed by atoms with Crippen LogP contribution in [-0.2, 0) is 9.47 Å². The van der Waals surface area contributed by atoms with Gasteiger partial charge in [0.05, 0.1) is 0 Å². The fourth-order valence-corrected chi connectivity index (χ4v) is 3.79. The van der Waals surface area contributed by atoms with Crippen LogP contribution in [-0.4, -0.2) is 56.6 Å². The van der Waals surface area contributed by atoms with Crippen molar-refractivity contribution in [3.63, 3.8) is 0 Å². The van der Waals surface area contributed by atoms with E-state index in [1.54, 1.807) is 0 Å². The summed E-state index contributed by atoms with van der Waals surface area (Å²) in [4.78, 5) is 2.67. The molecule has 0 aromatic carbocycles. The van der Waals surface area contributed by atoms with Gasteiger partial charge in [0.1, 0.15) is 0 Å². The maximum Gasteiger partial charge on any atom is 0.158 e. The molecule has 2 aliphatic heterocycles. The lowest BCUT2D eigenvalue weighted by molar-refractivity contribution is -0.142. The van der Waals surface area contributed by atoms with Gasteiger partial charge < -0.3 is 14.8 Å². The largest absolute Gasteiger partial charge is 0.353 e. The fourth-order valence-electron chi connectivity index (χ4n) is 3.79. The quantitative estimate of drug-likeness (QED) is 0.681. The average Bonchev–Trinajstić information content (AvgIpc) is 2.96. The summed E-state index contributed by atoms with van der Waals surface area (Å²) in [6.45, 7) is 12.6. The number of fused-ring (bicyclic) bond motifs is 1. The summed E-state index contributed by atoms with van der Waals surface area (Å²) in [5.41, 5.74) is 0. The summed E-state index contributed by atoms with van der Waals surface area (Å²) in [6, 6.07) is 0.754. The van der Waals surface area contributed by atoms with Crippen molar-refractivity contribution >= 4 is 0 Å². The Kier molecular flexibility index (Phi) is 6.07. The van der Waals surface area contributed by atoms with Crippen molar-refractivity contribution < 1.29 is 9.47 Å². The molecule has 3 atom stereocenters. The Bertz CT molecular complexity index is 257. The predicted molar refractivity (Wildman–Crippen MR) is 77.2 cm³/mol. The minimum Gasteiger partial charge on any atom is -0.353 e. The first-order valence-electron chi connectivity index (χ1n) is 7.98. The third-order valence-corrected chi connectivity index (χ3v) is 4.60. The lowest BCUT2D eigenvalue weighted by Gasteiger charge is -2.28. The molecule has 2 rings (SSSR count). The van der Waals surface area contributed by atoms with Crippen LogP contribution in [0.3, 0.4) is 0 Å². The predicted octanol–water partition coefficient (Wildman–Crippen LogP) is 1.71. The molecule has 2 saturated heterocycles. The Balaban J connectivity index is 1.81. The van der Waals surface area contributed by atoms with Gasteiger partial charge in [0.15, 0.2) is 6.29 Å². The van der Waals surface area contributed by atoms with Crippen LogP contribution < -0.4 is 5.32 Å². The van der Waals surface area contributed by atoms with E-state index < -0.39 is 0 Å². The second kappa shape index (κ2) is 7.58. The van der Waals surface area contributed by atoms with Crippen LogP contribution in [0.4, 0.5) is 0 Å². The van der Waals surface area contributed by atoms with E-state index in [0.29, 0.717) is 0 Å². The molecular weight excluding hydrogens is 240 g/mol. The van der Waals surface area contributed by atoms with Crippen LogP contribution >= 0.6 is 0 Å². The number of hydrogen-bond donors (Lipinski definition) is 1. The van der Waals surface area contributed by atoms with Crippen LogP contribution in [0.25, 0.3) is 0 Å². The third kappa shape index (κ3) is 3.69. The highest BCUT2D eigenvalue weighted by Crippen LogP contribution is 2.34. The van der Waals surface area contributed by atoms with Gasteiger partial charge in [-0.1, -0.05) is 6.92 Å². The van der Waals surface area contributed by atoms with Gasteiger partial charge in [0.25, 0.3) is 0 Å². The second-order valence-electron chi connectivity index (χ2n) is 5.68. The summed E-state index contributed by atoms with van der Waals surface area (Å²) in [5.74, 6) is 1.73. The summed E-state index contributed by atoms with van der Waals surface area (Å²) in [5, 5.41) is 3.54. The van der Waals surface area contributed by atoms with Crippen molar-refractivity contribution in [1.29, 1.82) is 0 Å². The molecule has 0 amide bonds. The highest BCUT2D eigenvalue weighted by atomic mass is 16.7. The van der Waals surface area contributed by atoms with Gasteiger partial charge in [-0.15, -0.1) is 0 Å². The smallest absolute Gasteiger partial charge is 0.158 e. The Morgan fingerprint density at radius 3 is 2.53 bits per heavy atom. The fraction of sp³-hybridized carbons (Fsp3) is 1.00. The van der Waals surface area contributed by atoms with Crippen molar-refractivity contribution in [3.05, 3.63) is 0 Å². The Morgan fingerprint density at radius 1 is 1.16 bits per heavy atom. The number of rotatable bonds is 8. The van der Waals surface area contributed by atoms with Gasteiger partial charge in [0, 0.05) is 38.8 Å². The lowest BCUT2D eigenvalue weighted by Crippen LogP contribution is -2.37. The zero-order valence-electron chi connectivity index (χ0n) is 12.7. The van der Waals surface area contributed by atoms with Gasteiger partial charge in [0.2, 0.25) is 0 Å². The van der Waals surface area contributed by atoms with Gasteiger partial charge in [-0.25, -0.2) is 0 Å². The zero-order valence-corrected chi connectivity index (χ0v) is 12.7. The van der Waals surface area contributed by atoms with Crippen molar-refractivity contribution in [3.8, 4) is 0 Å². The molecule has 2 heterocycles. The molecule has 3 unspecified atom stereocenters. The number of hydrogen-bond acceptors (Lipinski definition) is 4. The SMILES string of the molecule is CCOC(CCN1CC2CNCC2C1CC)OCC. The molecule has 0 saturated carbocycles. The van der Waals surface area contributed by atoms with Crippen molar-refractivity contribution in [2.45, 2.75) is 45.9 Å². The number of likely N-dealkylation sites (tertiary alicyclic amines) is 1. The Labute approximate surface area is 117 Å². The topological polar surface area (TPSA) is 33.7 Å². The molecule has 0 bridgehead atoms. The van der Waals surface area contributed by atoms with Crippen LogP contribution in [0, 0.1) is 11.8 Å². The maximum atomic E-state index is 5.64. The van der Waals surface area contributed by atoms with Crippen LogP contribution in [0.1, 0.15) is 33.6 Å². The molecule has 0 aromatic heterocycles. The molecule has 2 aliphatic rings. The van der Waals surface area contributed by atoms with Crippen molar-refractivity contribution in [2.75, 3.05) is 39.4 Å². The van der Waals surface area contributed by atoms with Gasteiger partial charge in [-0.05, 0) is 45.2 Å². The van der Waals surface area contributed by atoms with Gasteiger partial charge >= 0.3 is 0 Å². The van der Waals surface area contributed by atoms with Crippen LogP contribution in [0.15, 0.2) is 0 Å². The summed E-state index contributed by atoms with van der Waals surface area (Å²) >= 11 is 0. The molecule has 0 aromatic rings. The zero-order chi connectivity index (χ0) is 13.7. The average molecular weight is 270 g/mol. The third-order valence-electron chi connectivity index (χ3n) is 4.60. The first-order chi connectivity index (χ1) is 9.30. The summed E-state index contributed by atoms with van der Waals surface area (Å²) in [7, 11) is 0. The molecule has 19 heavy (non-hydrogen) atoms. The normalized spacial score (nSPS) is 31.3. The van der Waals surface area contributed by atoms with E-state index in [-0.39, 0.29) is 6.29 Å². The van der Waals surface area contributed by atoms with Crippen molar-refractivity contribution in [1.82, 2.24) is 10.2 Å². The first kappa shape index (κ1) is 15.2. The van der Waals surface area contributed by atoms with Gasteiger partial charge in [-0.2, -0.15) is 0 Å². The number of nitrogens with zero attached hydrogens (tertiary/aromatic N) is 1. The van der Waals surface area contributed by atoms with E-state index in [2.05, 4.69) is 17.1 Å². The molecule has 112 valence electrons. The molecule has 0 radical (unpaired) electrons. The lowest BCUT2D eigenvalue weighted by atomic mass is 9.93. The number of ether oxygens (including phenoxy) is 2. The molecule has 1 N–H and O–H groups in total. The minimum atomic E-state index is -0.0222. The monoisotopic (exact) mass is 270 g/mol. The summed E-state index contributed by atoms with van der Waals surface area (Å²) in [6.07, 6.45) is 2.23. The molecule has 2 fully saturated rings. The van der Waals surface area contributed by atoms with E-state index in [9.17, 15) is 0 Å². The molecular formula is C15H30N2O2. The Morgan fingerprint density at radius 2 is 1.89 bits per heavy atom. The molecule has 4 nitrogen and oxygen atoms in total. The minimum absolute atomic E-state index is 0.0222. The van der Waals surface area contributed by atoms with Crippen LogP contribution in [0.2, 0.25) is 0 Å². The van der Waals surface area contributed by atoms with E-state index in [1.807, 2.05) is 13.8 Å². The summed E-state index contributed by atoms with van der Waals surface area (Å²) < 4.78 is 11.3. The number of nitrogens with one attached hydrogen (secondary N) is 1. The van der Waals surface area contributed by atoms with E-state index in [4.69, 9.17) is 9.47 Å². The molecule has 4 heteroatoms. The van der Waals surface area contributed by atoms with E-state index in [0.717, 1.165) is 44.1 Å². The standard InChI is InChI=1S/C15H30N2O2/c1-4-14-13-10-16-9-12(13)11-17(14)8-7-15(18-5-2)19-6-3/h12-16H,4-11H2,1-3H3. The molecule has 0 aliphatic carbocycles. The van der Waals surface area contributed by atoms with Crippen LogP contribution in [0.5, 0.6) is 0 Å². The Hall–Kier alpha value is -0.160. The van der Waals surface area contributed by atoms with E-state index in [1.165, 1.54) is 26.1 Å². The van der Waals surface area contributed by atoms with E-state index >= 15 is 0 Å². The van der Waals surface area contributed by atoms with Gasteiger partial charge in [-0.3, -0.25) is 4.90 Å². The highest BCUT2D eigenvalue weighted by Gasteiger charge is 2.42. The first-order valence-corrected chi connectivity index (χ1v) is 7.98. The molecule has 0 spiro atoms.